The molecule has 35 heavy (non-hydrogen) atoms. The predicted octanol–water partition coefficient (Wildman–Crippen LogP) is 2.02. The zero-order valence-corrected chi connectivity index (χ0v) is 19.8. The number of carbonyl (C=O) groups is 5. The van der Waals surface area contributed by atoms with Gasteiger partial charge in [0.15, 0.2) is 0 Å². The number of hydrogen-bond acceptors (Lipinski definition) is 5. The Hall–Kier alpha value is -4.01. The molecular formula is C26H31N3O6. The highest BCUT2D eigenvalue weighted by Crippen LogP contribution is 2.12. The van der Waals surface area contributed by atoms with Gasteiger partial charge in [-0.05, 0) is 30.0 Å². The number of nitrogens with zero attached hydrogens (tertiary/aromatic N) is 1. The van der Waals surface area contributed by atoms with Crippen LogP contribution in [0.5, 0.6) is 0 Å². The van der Waals surface area contributed by atoms with Crippen LogP contribution >= 0.6 is 0 Å². The number of nitrogens with one attached hydrogen (secondary N) is 2. The second kappa shape index (κ2) is 13.6. The molecule has 0 saturated carbocycles. The molecule has 0 spiro atoms. The highest BCUT2D eigenvalue weighted by atomic mass is 16.4. The van der Waals surface area contributed by atoms with E-state index in [1.807, 2.05) is 30.3 Å². The molecule has 0 aliphatic rings. The molecule has 0 aliphatic carbocycles. The average molecular weight is 482 g/mol. The summed E-state index contributed by atoms with van der Waals surface area (Å²) in [6.07, 6.45) is 0.136. The van der Waals surface area contributed by atoms with Crippen LogP contribution in [-0.4, -0.2) is 58.6 Å². The van der Waals surface area contributed by atoms with Crippen molar-refractivity contribution in [3.05, 3.63) is 71.8 Å². The zero-order chi connectivity index (χ0) is 25.8. The third-order valence-electron chi connectivity index (χ3n) is 5.30. The predicted molar refractivity (Wildman–Crippen MR) is 129 cm³/mol. The maximum absolute atomic E-state index is 13.5. The van der Waals surface area contributed by atoms with Crippen molar-refractivity contribution in [2.24, 2.45) is 5.92 Å². The second-order valence-corrected chi connectivity index (χ2v) is 8.48. The number of aliphatic carboxylic acids is 1. The summed E-state index contributed by atoms with van der Waals surface area (Å²) in [7, 11) is 0. The van der Waals surface area contributed by atoms with Gasteiger partial charge in [0.1, 0.15) is 12.3 Å². The van der Waals surface area contributed by atoms with Crippen LogP contribution in [0.15, 0.2) is 60.7 Å². The Kier molecular flexibility index (Phi) is 10.6. The van der Waals surface area contributed by atoms with E-state index in [2.05, 4.69) is 10.6 Å². The van der Waals surface area contributed by atoms with Gasteiger partial charge in [0, 0.05) is 18.5 Å². The van der Waals surface area contributed by atoms with Gasteiger partial charge in [-0.15, -0.1) is 0 Å². The summed E-state index contributed by atoms with van der Waals surface area (Å²) in [6.45, 7) is 3.33. The third-order valence-corrected chi connectivity index (χ3v) is 5.30. The van der Waals surface area contributed by atoms with Gasteiger partial charge in [-0.3, -0.25) is 19.2 Å². The smallest absolute Gasteiger partial charge is 0.303 e. The number of carboxylic acids is 1. The van der Waals surface area contributed by atoms with Crippen LogP contribution in [0.2, 0.25) is 0 Å². The van der Waals surface area contributed by atoms with Crippen LogP contribution in [0.1, 0.15) is 42.6 Å². The molecule has 9 heteroatoms. The van der Waals surface area contributed by atoms with E-state index in [1.165, 1.54) is 4.90 Å². The maximum atomic E-state index is 13.5. The summed E-state index contributed by atoms with van der Waals surface area (Å²) in [6, 6.07) is 15.7. The van der Waals surface area contributed by atoms with Gasteiger partial charge in [-0.2, -0.15) is 0 Å². The van der Waals surface area contributed by atoms with E-state index >= 15 is 0 Å². The molecule has 2 atom stereocenters. The quantitative estimate of drug-likeness (QED) is 0.375. The van der Waals surface area contributed by atoms with Crippen molar-refractivity contribution in [3.63, 3.8) is 0 Å². The summed E-state index contributed by atoms with van der Waals surface area (Å²) in [5.41, 5.74) is 1.19. The van der Waals surface area contributed by atoms with Gasteiger partial charge in [0.25, 0.3) is 5.91 Å². The minimum atomic E-state index is -1.08. The zero-order valence-electron chi connectivity index (χ0n) is 19.8. The summed E-state index contributed by atoms with van der Waals surface area (Å²) < 4.78 is 0. The summed E-state index contributed by atoms with van der Waals surface area (Å²) in [4.78, 5) is 62.4. The maximum Gasteiger partial charge on any atom is 0.303 e. The van der Waals surface area contributed by atoms with Crippen LogP contribution in [-0.2, 0) is 25.7 Å². The fourth-order valence-electron chi connectivity index (χ4n) is 3.42. The molecule has 0 heterocycles. The molecule has 0 saturated heterocycles. The number of hydrogen-bond donors (Lipinski definition) is 3. The van der Waals surface area contributed by atoms with E-state index < -0.39 is 35.8 Å². The van der Waals surface area contributed by atoms with Gasteiger partial charge < -0.3 is 25.4 Å². The Morgan fingerprint density at radius 2 is 1.54 bits per heavy atom. The molecule has 2 rings (SSSR count). The molecule has 2 aromatic carbocycles. The van der Waals surface area contributed by atoms with Crippen LogP contribution in [0.25, 0.3) is 0 Å². The first-order valence-electron chi connectivity index (χ1n) is 11.4. The summed E-state index contributed by atoms with van der Waals surface area (Å²) in [5.74, 6) is -2.81. The largest absolute Gasteiger partial charge is 0.481 e. The molecule has 3 amide bonds. The van der Waals surface area contributed by atoms with Gasteiger partial charge in [-0.25, -0.2) is 0 Å². The molecule has 3 N–H and O–H groups in total. The lowest BCUT2D eigenvalue weighted by Gasteiger charge is -2.30. The SMILES string of the molecule is CC(C)C(NC(=O)c1ccccc1)C(=O)N(CC(=O)N[C@@H](C=O)CCC(=O)O)Cc1ccccc1. The van der Waals surface area contributed by atoms with Gasteiger partial charge in [-0.1, -0.05) is 62.4 Å². The Bertz CT molecular complexity index is 1010. The van der Waals surface area contributed by atoms with E-state index in [4.69, 9.17) is 5.11 Å². The van der Waals surface area contributed by atoms with Gasteiger partial charge in [0.05, 0.1) is 12.6 Å². The minimum Gasteiger partial charge on any atom is -0.481 e. The Morgan fingerprint density at radius 1 is 0.943 bits per heavy atom. The van der Waals surface area contributed by atoms with Crippen LogP contribution < -0.4 is 10.6 Å². The first-order valence-corrected chi connectivity index (χ1v) is 11.4. The fraction of sp³-hybridized carbons (Fsp3) is 0.346. The molecule has 0 fully saturated rings. The molecule has 0 radical (unpaired) electrons. The lowest BCUT2D eigenvalue weighted by molar-refractivity contribution is -0.139. The highest BCUT2D eigenvalue weighted by Gasteiger charge is 2.30. The van der Waals surface area contributed by atoms with Crippen molar-refractivity contribution in [1.29, 1.82) is 0 Å². The topological polar surface area (TPSA) is 133 Å². The Labute approximate surface area is 204 Å². The standard InChI is InChI=1S/C26H31N3O6/c1-18(2)24(28-25(34)20-11-7-4-8-12-20)26(35)29(15-19-9-5-3-6-10-19)16-22(31)27-21(17-30)13-14-23(32)33/h3-12,17-18,21,24H,13-16H2,1-2H3,(H,27,31)(H,28,34)(H,32,33)/t21-,24?/m1/s1. The summed E-state index contributed by atoms with van der Waals surface area (Å²) in [5, 5.41) is 14.1. The first kappa shape index (κ1) is 27.2. The lowest BCUT2D eigenvalue weighted by Crippen LogP contribution is -2.53. The number of carboxylic acid groups (broad SMARTS) is 1. The number of benzene rings is 2. The average Bonchev–Trinajstić information content (AvgIpc) is 2.85. The summed E-state index contributed by atoms with van der Waals surface area (Å²) >= 11 is 0. The molecule has 0 bridgehead atoms. The van der Waals surface area contributed by atoms with E-state index in [1.54, 1.807) is 44.2 Å². The van der Waals surface area contributed by atoms with Crippen molar-refractivity contribution < 1.29 is 29.1 Å². The van der Waals surface area contributed by atoms with Gasteiger partial charge in [0.2, 0.25) is 11.8 Å². The Morgan fingerprint density at radius 3 is 2.09 bits per heavy atom. The number of rotatable bonds is 13. The van der Waals surface area contributed by atoms with E-state index in [0.717, 1.165) is 5.56 Å². The number of carbonyl (C=O) groups excluding carboxylic acids is 4. The van der Waals surface area contributed by atoms with Gasteiger partial charge >= 0.3 is 5.97 Å². The minimum absolute atomic E-state index is 0.0566. The molecule has 9 nitrogen and oxygen atoms in total. The van der Waals surface area contributed by atoms with Crippen LogP contribution in [0.4, 0.5) is 0 Å². The molecule has 186 valence electrons. The number of aldehydes is 1. The highest BCUT2D eigenvalue weighted by molar-refractivity contribution is 5.98. The van der Waals surface area contributed by atoms with E-state index in [0.29, 0.717) is 11.8 Å². The Balaban J connectivity index is 2.20. The van der Waals surface area contributed by atoms with Crippen molar-refractivity contribution in [3.8, 4) is 0 Å². The molecule has 2 aromatic rings. The second-order valence-electron chi connectivity index (χ2n) is 8.48. The van der Waals surface area contributed by atoms with E-state index in [-0.39, 0.29) is 31.8 Å². The third kappa shape index (κ3) is 9.04. The van der Waals surface area contributed by atoms with Crippen LogP contribution in [0.3, 0.4) is 0 Å². The molecule has 0 aromatic heterocycles. The van der Waals surface area contributed by atoms with Crippen molar-refractivity contribution >= 4 is 30.0 Å². The molecule has 1 unspecified atom stereocenters. The number of amides is 3. The first-order chi connectivity index (χ1) is 16.7. The molecule has 0 aliphatic heterocycles. The van der Waals surface area contributed by atoms with Crippen molar-refractivity contribution in [2.75, 3.05) is 6.54 Å². The monoisotopic (exact) mass is 481 g/mol. The van der Waals surface area contributed by atoms with E-state index in [9.17, 15) is 24.0 Å². The van der Waals surface area contributed by atoms with Crippen molar-refractivity contribution in [1.82, 2.24) is 15.5 Å². The van der Waals surface area contributed by atoms with Crippen molar-refractivity contribution in [2.45, 2.75) is 45.3 Å². The normalized spacial score (nSPS) is 12.3. The molecular weight excluding hydrogens is 450 g/mol. The fourth-order valence-corrected chi connectivity index (χ4v) is 3.42. The lowest BCUT2D eigenvalue weighted by atomic mass is 10.0. The van der Waals surface area contributed by atoms with Crippen LogP contribution in [0, 0.1) is 5.92 Å².